The van der Waals surface area contributed by atoms with Crippen LogP contribution in [0.1, 0.15) is 20.8 Å². The van der Waals surface area contributed by atoms with E-state index in [1.165, 1.54) is 20.8 Å². The maximum Gasteiger partial charge on any atom is 0.180 e. The molecule has 0 aliphatic heterocycles. The molecular weight excluding hydrogens is 160 g/mol. The summed E-state index contributed by atoms with van der Waals surface area (Å²) in [4.78, 5) is 21.9. The van der Waals surface area contributed by atoms with E-state index in [1.807, 2.05) is 0 Å². The van der Waals surface area contributed by atoms with E-state index in [-0.39, 0.29) is 11.6 Å². The summed E-state index contributed by atoms with van der Waals surface area (Å²) in [5.74, 6) is -0.443. The highest BCUT2D eigenvalue weighted by Gasteiger charge is 2.35. The zero-order valence-electron chi connectivity index (χ0n) is 7.43. The third kappa shape index (κ3) is 2.23. The Labute approximate surface area is 69.5 Å². The summed E-state index contributed by atoms with van der Waals surface area (Å²) >= 11 is 0. The van der Waals surface area contributed by atoms with Crippen molar-refractivity contribution >= 4 is 21.8 Å². The first kappa shape index (κ1) is 10.5. The number of carbonyl (C=O) groups is 2. The smallest absolute Gasteiger partial charge is 0.180 e. The highest BCUT2D eigenvalue weighted by atomic mass is 28.1. The molecule has 0 aromatic rings. The minimum absolute atomic E-state index is 0.221. The van der Waals surface area contributed by atoms with E-state index in [0.29, 0.717) is 6.23 Å². The van der Waals surface area contributed by atoms with Crippen LogP contribution in [0.5, 0.6) is 0 Å². The fraction of sp³-hybridized carbons (Fsp3) is 0.714. The first-order valence-corrected chi connectivity index (χ1v) is 5.02. The molecule has 0 fully saturated rings. The van der Waals surface area contributed by atoms with Crippen molar-refractivity contribution in [2.75, 3.05) is 6.23 Å². The van der Waals surface area contributed by atoms with Gasteiger partial charge in [-0.15, -0.1) is 0 Å². The summed E-state index contributed by atoms with van der Waals surface area (Å²) in [5.41, 5.74) is -1.19. The van der Waals surface area contributed by atoms with E-state index in [4.69, 9.17) is 4.74 Å². The topological polar surface area (TPSA) is 43.4 Å². The maximum atomic E-state index is 11.0. The van der Waals surface area contributed by atoms with Crippen molar-refractivity contribution in [1.82, 2.24) is 0 Å². The molecule has 0 aliphatic rings. The molecule has 0 radical (unpaired) electrons. The average Bonchev–Trinajstić information content (AvgIpc) is 1.87. The molecule has 0 unspecified atom stereocenters. The third-order valence-electron chi connectivity index (χ3n) is 1.78. The zero-order valence-corrected chi connectivity index (χ0v) is 9.43. The minimum Gasteiger partial charge on any atom is -0.364 e. The molecule has 0 aliphatic carbocycles. The third-order valence-corrected chi connectivity index (χ3v) is 2.07. The van der Waals surface area contributed by atoms with Crippen molar-refractivity contribution in [1.29, 1.82) is 0 Å². The summed E-state index contributed by atoms with van der Waals surface area (Å²) in [6.45, 7) is 4.27. The van der Waals surface area contributed by atoms with E-state index < -0.39 is 5.60 Å². The molecule has 64 valence electrons. The van der Waals surface area contributed by atoms with E-state index in [2.05, 4.69) is 0 Å². The largest absolute Gasteiger partial charge is 0.364 e. The molecule has 0 atom stereocenters. The monoisotopic (exact) mass is 174 g/mol. The number of ether oxygens (including phenoxy) is 1. The molecule has 0 saturated heterocycles. The number of carbonyl (C=O) groups excluding carboxylic acids is 2. The Kier molecular flexibility index (Phi) is 3.61. The Morgan fingerprint density at radius 3 is 1.82 bits per heavy atom. The Hall–Kier alpha value is -0.483. The zero-order chi connectivity index (χ0) is 9.07. The Balaban J connectivity index is 4.52. The molecule has 3 nitrogen and oxygen atoms in total. The van der Waals surface area contributed by atoms with Crippen LogP contribution >= 0.6 is 0 Å². The molecule has 0 aromatic carbocycles. The normalized spacial score (nSPS) is 11.5. The van der Waals surface area contributed by atoms with E-state index >= 15 is 0 Å². The first-order valence-electron chi connectivity index (χ1n) is 3.61. The van der Waals surface area contributed by atoms with Crippen LogP contribution in [0.2, 0.25) is 0 Å². The maximum absolute atomic E-state index is 11.0. The van der Waals surface area contributed by atoms with Gasteiger partial charge in [-0.25, -0.2) is 0 Å². The van der Waals surface area contributed by atoms with Crippen LogP contribution < -0.4 is 0 Å². The van der Waals surface area contributed by atoms with Crippen LogP contribution in [0, 0.1) is 0 Å². The van der Waals surface area contributed by atoms with Gasteiger partial charge in [0.1, 0.15) is 0 Å². The highest BCUT2D eigenvalue weighted by molar-refractivity contribution is 6.10. The standard InChI is InChI=1S/C7H14O3Si/c1-5(8)7(3,6(2)9)10-4-11/h4H2,1-3,11H3. The fourth-order valence-electron chi connectivity index (χ4n) is 0.740. The van der Waals surface area contributed by atoms with Gasteiger partial charge in [-0.3, -0.25) is 9.59 Å². The van der Waals surface area contributed by atoms with E-state index in [0.717, 1.165) is 10.2 Å². The lowest BCUT2D eigenvalue weighted by molar-refractivity contribution is -0.150. The second-order valence-corrected chi connectivity index (χ2v) is 3.16. The first-order chi connectivity index (χ1) is 4.95. The van der Waals surface area contributed by atoms with Crippen molar-refractivity contribution in [3.05, 3.63) is 0 Å². The molecule has 0 N–H and O–H groups in total. The summed E-state index contributed by atoms with van der Waals surface area (Å²) < 4.78 is 5.11. The lowest BCUT2D eigenvalue weighted by atomic mass is 9.97. The van der Waals surface area contributed by atoms with Crippen LogP contribution in [0.25, 0.3) is 0 Å². The van der Waals surface area contributed by atoms with Crippen molar-refractivity contribution < 1.29 is 14.3 Å². The molecule has 4 heteroatoms. The number of Topliss-reactive ketones (excluding diaryl/α,β-unsaturated/α-hetero) is 2. The predicted octanol–water partition coefficient (Wildman–Crippen LogP) is -0.737. The van der Waals surface area contributed by atoms with Gasteiger partial charge in [0.25, 0.3) is 0 Å². The molecule has 0 aromatic heterocycles. The van der Waals surface area contributed by atoms with Gasteiger partial charge >= 0.3 is 0 Å². The van der Waals surface area contributed by atoms with E-state index in [1.54, 1.807) is 0 Å². The summed E-state index contributed by atoms with van der Waals surface area (Å²) in [6, 6.07) is 0. The Bertz CT molecular complexity index is 163. The van der Waals surface area contributed by atoms with Crippen LogP contribution in [0.15, 0.2) is 0 Å². The average molecular weight is 174 g/mol. The minimum atomic E-state index is -1.19. The van der Waals surface area contributed by atoms with Crippen LogP contribution in [0.4, 0.5) is 0 Å². The van der Waals surface area contributed by atoms with Gasteiger partial charge in [0.15, 0.2) is 17.2 Å². The quantitative estimate of drug-likeness (QED) is 0.416. The number of hydrogen-bond donors (Lipinski definition) is 0. The lowest BCUT2D eigenvalue weighted by Gasteiger charge is -2.22. The van der Waals surface area contributed by atoms with E-state index in [9.17, 15) is 9.59 Å². The van der Waals surface area contributed by atoms with Gasteiger partial charge in [-0.1, -0.05) is 0 Å². The van der Waals surface area contributed by atoms with Gasteiger partial charge in [0, 0.05) is 16.5 Å². The molecular formula is C7H14O3Si. The van der Waals surface area contributed by atoms with Crippen LogP contribution in [0.3, 0.4) is 0 Å². The Morgan fingerprint density at radius 1 is 1.36 bits per heavy atom. The second kappa shape index (κ2) is 3.78. The molecule has 0 amide bonds. The van der Waals surface area contributed by atoms with Gasteiger partial charge < -0.3 is 4.74 Å². The molecule has 0 heterocycles. The van der Waals surface area contributed by atoms with Gasteiger partial charge in [-0.2, -0.15) is 0 Å². The van der Waals surface area contributed by atoms with Crippen molar-refractivity contribution in [2.24, 2.45) is 0 Å². The van der Waals surface area contributed by atoms with Crippen molar-refractivity contribution in [3.8, 4) is 0 Å². The van der Waals surface area contributed by atoms with Crippen LogP contribution in [-0.4, -0.2) is 33.6 Å². The highest BCUT2D eigenvalue weighted by Crippen LogP contribution is 2.12. The van der Waals surface area contributed by atoms with Gasteiger partial charge in [-0.05, 0) is 20.8 Å². The SMILES string of the molecule is CC(=O)C(C)(OC[SiH3])C(C)=O. The molecule has 0 rings (SSSR count). The molecule has 11 heavy (non-hydrogen) atoms. The van der Waals surface area contributed by atoms with Gasteiger partial charge in [0.05, 0.1) is 0 Å². The summed E-state index contributed by atoms with van der Waals surface area (Å²) in [6.07, 6.45) is 0.510. The molecule has 0 bridgehead atoms. The second-order valence-electron chi connectivity index (χ2n) is 2.58. The molecule has 0 saturated carbocycles. The Morgan fingerprint density at radius 2 is 1.73 bits per heavy atom. The number of ketones is 2. The van der Waals surface area contributed by atoms with Crippen molar-refractivity contribution in [3.63, 3.8) is 0 Å². The van der Waals surface area contributed by atoms with Crippen LogP contribution in [-0.2, 0) is 14.3 Å². The summed E-state index contributed by atoms with van der Waals surface area (Å²) in [5, 5.41) is 0. The molecule has 0 spiro atoms. The van der Waals surface area contributed by atoms with Crippen molar-refractivity contribution in [2.45, 2.75) is 26.4 Å². The lowest BCUT2D eigenvalue weighted by Crippen LogP contribution is -2.44. The number of rotatable bonds is 4. The summed E-state index contributed by atoms with van der Waals surface area (Å²) in [7, 11) is 0.835. The van der Waals surface area contributed by atoms with Gasteiger partial charge in [0.2, 0.25) is 0 Å². The number of hydrogen-bond acceptors (Lipinski definition) is 3. The predicted molar refractivity (Wildman–Crippen MR) is 45.7 cm³/mol. The fourth-order valence-corrected chi connectivity index (χ4v) is 1.32.